The van der Waals surface area contributed by atoms with Crippen LogP contribution in [0.1, 0.15) is 39.9 Å². The molecule has 1 aromatic rings. The van der Waals surface area contributed by atoms with Crippen LogP contribution in [0.25, 0.3) is 0 Å². The Morgan fingerprint density at radius 1 is 1.00 bits per heavy atom. The van der Waals surface area contributed by atoms with Crippen LogP contribution in [0.15, 0.2) is 12.1 Å². The van der Waals surface area contributed by atoms with Crippen molar-refractivity contribution in [3.8, 4) is 0 Å². The lowest BCUT2D eigenvalue weighted by molar-refractivity contribution is 0.0966. The zero-order valence-corrected chi connectivity index (χ0v) is 7.60. The molecular weight excluding hydrogens is 160 g/mol. The molecule has 0 saturated heterocycles. The maximum atomic E-state index is 11.4. The molecule has 0 bridgehead atoms. The van der Waals surface area contributed by atoms with E-state index in [1.165, 1.54) is 36.0 Å². The van der Waals surface area contributed by atoms with Gasteiger partial charge in [-0.15, -0.1) is 0 Å². The number of hydrogen-bond acceptors (Lipinski definition) is 1. The summed E-state index contributed by atoms with van der Waals surface area (Å²) >= 11 is 0. The number of ketones is 1. The highest BCUT2D eigenvalue weighted by atomic mass is 16.1. The molecule has 0 radical (unpaired) electrons. The molecule has 2 aliphatic carbocycles. The standard InChI is InChI=1S/C12H12O/c13-11-7-9-6-5-8-3-1-2-4-10(8)12(9)11/h5-6H,1-4,7H2. The Kier molecular flexibility index (Phi) is 1.37. The summed E-state index contributed by atoms with van der Waals surface area (Å²) in [4.78, 5) is 11.4. The van der Waals surface area contributed by atoms with Crippen molar-refractivity contribution >= 4 is 5.78 Å². The van der Waals surface area contributed by atoms with Gasteiger partial charge in [-0.25, -0.2) is 0 Å². The van der Waals surface area contributed by atoms with E-state index >= 15 is 0 Å². The fourth-order valence-corrected chi connectivity index (χ4v) is 2.53. The second-order valence-corrected chi connectivity index (χ2v) is 4.04. The minimum Gasteiger partial charge on any atom is -0.294 e. The van der Waals surface area contributed by atoms with E-state index in [1.54, 1.807) is 0 Å². The van der Waals surface area contributed by atoms with E-state index < -0.39 is 0 Å². The van der Waals surface area contributed by atoms with Crippen molar-refractivity contribution in [3.05, 3.63) is 34.4 Å². The van der Waals surface area contributed by atoms with E-state index in [4.69, 9.17) is 0 Å². The molecule has 0 N–H and O–H groups in total. The first kappa shape index (κ1) is 7.31. The largest absolute Gasteiger partial charge is 0.294 e. The molecule has 1 heteroatoms. The average Bonchev–Trinajstić information content (AvgIpc) is 2.14. The highest BCUT2D eigenvalue weighted by molar-refractivity contribution is 6.08. The lowest BCUT2D eigenvalue weighted by Crippen LogP contribution is -2.23. The number of rotatable bonds is 0. The van der Waals surface area contributed by atoms with Gasteiger partial charge in [-0.3, -0.25) is 4.79 Å². The first-order valence-corrected chi connectivity index (χ1v) is 5.03. The molecule has 1 aromatic carbocycles. The van der Waals surface area contributed by atoms with Gasteiger partial charge in [0, 0.05) is 12.0 Å². The van der Waals surface area contributed by atoms with E-state index in [0.29, 0.717) is 12.2 Å². The highest BCUT2D eigenvalue weighted by Gasteiger charge is 2.28. The van der Waals surface area contributed by atoms with Crippen LogP contribution in [0.3, 0.4) is 0 Å². The fourth-order valence-electron chi connectivity index (χ4n) is 2.53. The van der Waals surface area contributed by atoms with Crippen LogP contribution in [-0.4, -0.2) is 5.78 Å². The summed E-state index contributed by atoms with van der Waals surface area (Å²) in [5.41, 5.74) is 5.17. The summed E-state index contributed by atoms with van der Waals surface area (Å²) in [6.07, 6.45) is 5.54. The van der Waals surface area contributed by atoms with Crippen LogP contribution in [-0.2, 0) is 19.3 Å². The van der Waals surface area contributed by atoms with Crippen LogP contribution < -0.4 is 0 Å². The van der Waals surface area contributed by atoms with Gasteiger partial charge in [0.1, 0.15) is 0 Å². The van der Waals surface area contributed by atoms with Gasteiger partial charge >= 0.3 is 0 Å². The minimum absolute atomic E-state index is 0.369. The molecule has 3 rings (SSSR count). The fraction of sp³-hybridized carbons (Fsp3) is 0.417. The second kappa shape index (κ2) is 2.44. The van der Waals surface area contributed by atoms with Crippen LogP contribution in [0.2, 0.25) is 0 Å². The van der Waals surface area contributed by atoms with E-state index in [0.717, 1.165) is 12.0 Å². The second-order valence-electron chi connectivity index (χ2n) is 4.04. The molecule has 1 nitrogen and oxygen atoms in total. The van der Waals surface area contributed by atoms with E-state index in [1.807, 2.05) is 0 Å². The highest BCUT2D eigenvalue weighted by Crippen LogP contribution is 2.33. The molecule has 0 aromatic heterocycles. The number of aryl methyl sites for hydroxylation is 1. The van der Waals surface area contributed by atoms with Gasteiger partial charge in [-0.05, 0) is 42.4 Å². The first-order valence-electron chi connectivity index (χ1n) is 5.03. The molecule has 0 unspecified atom stereocenters. The third kappa shape index (κ3) is 0.902. The zero-order chi connectivity index (χ0) is 8.84. The Balaban J connectivity index is 2.22. The monoisotopic (exact) mass is 172 g/mol. The van der Waals surface area contributed by atoms with Gasteiger partial charge < -0.3 is 0 Å². The maximum Gasteiger partial charge on any atom is 0.167 e. The van der Waals surface area contributed by atoms with Gasteiger partial charge in [0.15, 0.2) is 5.78 Å². The Bertz CT molecular complexity index is 390. The minimum atomic E-state index is 0.369. The number of Topliss-reactive ketones (excluding diaryl/α,β-unsaturated/α-hetero) is 1. The number of carbonyl (C=O) groups is 1. The molecule has 2 aliphatic rings. The number of hydrogen-bond donors (Lipinski definition) is 0. The van der Waals surface area contributed by atoms with Crippen molar-refractivity contribution in [2.45, 2.75) is 32.1 Å². The summed E-state index contributed by atoms with van der Waals surface area (Å²) in [6, 6.07) is 4.36. The Hall–Kier alpha value is -1.11. The number of benzene rings is 1. The SMILES string of the molecule is O=C1Cc2ccc3c(c21)CCCC3. The molecule has 0 spiro atoms. The molecule has 66 valence electrons. The van der Waals surface area contributed by atoms with Gasteiger partial charge in [0.05, 0.1) is 0 Å². The van der Waals surface area contributed by atoms with E-state index in [2.05, 4.69) is 12.1 Å². The molecule has 0 saturated carbocycles. The van der Waals surface area contributed by atoms with Crippen molar-refractivity contribution in [3.63, 3.8) is 0 Å². The number of carbonyl (C=O) groups excluding carboxylic acids is 1. The maximum absolute atomic E-state index is 11.4. The van der Waals surface area contributed by atoms with Gasteiger partial charge in [-0.2, -0.15) is 0 Å². The van der Waals surface area contributed by atoms with Crippen LogP contribution >= 0.6 is 0 Å². The van der Waals surface area contributed by atoms with E-state index in [9.17, 15) is 4.79 Å². The molecule has 0 atom stereocenters. The summed E-state index contributed by atoms with van der Waals surface area (Å²) in [7, 11) is 0. The van der Waals surface area contributed by atoms with Crippen molar-refractivity contribution in [2.75, 3.05) is 0 Å². The summed E-state index contributed by atoms with van der Waals surface area (Å²) in [6.45, 7) is 0. The van der Waals surface area contributed by atoms with Crippen molar-refractivity contribution in [1.82, 2.24) is 0 Å². The Morgan fingerprint density at radius 3 is 2.62 bits per heavy atom. The van der Waals surface area contributed by atoms with Gasteiger partial charge in [0.25, 0.3) is 0 Å². The van der Waals surface area contributed by atoms with Crippen molar-refractivity contribution < 1.29 is 4.79 Å². The normalized spacial score (nSPS) is 18.9. The van der Waals surface area contributed by atoms with E-state index in [-0.39, 0.29) is 0 Å². The Morgan fingerprint density at radius 2 is 1.77 bits per heavy atom. The summed E-state index contributed by atoms with van der Waals surface area (Å²) < 4.78 is 0. The smallest absolute Gasteiger partial charge is 0.167 e. The number of fused-ring (bicyclic) bond motifs is 3. The van der Waals surface area contributed by atoms with Crippen molar-refractivity contribution in [2.24, 2.45) is 0 Å². The van der Waals surface area contributed by atoms with Gasteiger partial charge in [-0.1, -0.05) is 12.1 Å². The zero-order valence-electron chi connectivity index (χ0n) is 7.60. The van der Waals surface area contributed by atoms with Crippen LogP contribution in [0.5, 0.6) is 0 Å². The van der Waals surface area contributed by atoms with Crippen molar-refractivity contribution in [1.29, 1.82) is 0 Å². The molecule has 0 aliphatic heterocycles. The first-order chi connectivity index (χ1) is 6.36. The third-order valence-corrected chi connectivity index (χ3v) is 3.25. The van der Waals surface area contributed by atoms with Gasteiger partial charge in [0.2, 0.25) is 0 Å². The molecule has 0 amide bonds. The topological polar surface area (TPSA) is 17.1 Å². The lowest BCUT2D eigenvalue weighted by Gasteiger charge is -2.26. The lowest BCUT2D eigenvalue weighted by atomic mass is 9.77. The summed E-state index contributed by atoms with van der Waals surface area (Å²) in [5.74, 6) is 0.369. The molecule has 13 heavy (non-hydrogen) atoms. The molecular formula is C12H12O. The third-order valence-electron chi connectivity index (χ3n) is 3.25. The average molecular weight is 172 g/mol. The molecule has 0 fully saturated rings. The quantitative estimate of drug-likeness (QED) is 0.587. The van der Waals surface area contributed by atoms with Crippen LogP contribution in [0.4, 0.5) is 0 Å². The molecule has 0 heterocycles. The Labute approximate surface area is 77.8 Å². The summed E-state index contributed by atoms with van der Waals surface area (Å²) in [5, 5.41) is 0. The van der Waals surface area contributed by atoms with Crippen LogP contribution in [0, 0.1) is 0 Å². The predicted octanol–water partition coefficient (Wildman–Crippen LogP) is 2.30. The predicted molar refractivity (Wildman–Crippen MR) is 51.1 cm³/mol.